The lowest BCUT2D eigenvalue weighted by molar-refractivity contribution is -0.143. The van der Waals surface area contributed by atoms with E-state index in [9.17, 15) is 9.59 Å². The molecule has 7 nitrogen and oxygen atoms in total. The number of aromatic nitrogens is 1. The lowest BCUT2D eigenvalue weighted by Crippen LogP contribution is -2.16. The molecule has 0 radical (unpaired) electrons. The van der Waals surface area contributed by atoms with Gasteiger partial charge in [-0.3, -0.25) is 14.6 Å². The Morgan fingerprint density at radius 3 is 2.32 bits per heavy atom. The molecule has 1 aliphatic rings. The van der Waals surface area contributed by atoms with Gasteiger partial charge in [0.2, 0.25) is 0 Å². The number of hydrogen-bond donors (Lipinski definition) is 4. The number of benzene rings is 1. The molecule has 2 aromatic rings. The zero-order chi connectivity index (χ0) is 25.1. The molecule has 0 saturated carbocycles. The van der Waals surface area contributed by atoms with E-state index in [1.165, 1.54) is 23.1 Å². The highest BCUT2D eigenvalue weighted by Gasteiger charge is 2.15. The average molecular weight is 490 g/mol. The highest BCUT2D eigenvalue weighted by Crippen LogP contribution is 2.31. The molecule has 0 aliphatic carbocycles. The van der Waals surface area contributed by atoms with Gasteiger partial charge in [-0.15, -0.1) is 0 Å². The number of aliphatic carboxylic acids is 2. The molecule has 3 rings (SSSR count). The van der Waals surface area contributed by atoms with E-state index in [-0.39, 0.29) is 12.8 Å². The number of halogens is 1. The summed E-state index contributed by atoms with van der Waals surface area (Å²) < 4.78 is 0. The van der Waals surface area contributed by atoms with Crippen LogP contribution in [-0.4, -0.2) is 40.2 Å². The van der Waals surface area contributed by atoms with Crippen molar-refractivity contribution in [2.45, 2.75) is 65.8 Å². The number of nitrogens with zero attached hydrogens (tertiary/aromatic N) is 1. The Balaban J connectivity index is 0.000000440. The van der Waals surface area contributed by atoms with Crippen LogP contribution in [0.15, 0.2) is 30.5 Å². The summed E-state index contributed by atoms with van der Waals surface area (Å²) in [5.41, 5.74) is 6.53. The molecule has 0 atom stereocenters. The summed E-state index contributed by atoms with van der Waals surface area (Å²) in [5.74, 6) is -2.15. The number of carboxylic acids is 2. The average Bonchev–Trinajstić information content (AvgIpc) is 3.02. The number of fused-ring (bicyclic) bond motifs is 1. The maximum Gasteiger partial charge on any atom is 0.303 e. The summed E-state index contributed by atoms with van der Waals surface area (Å²) in [6.07, 6.45) is 5.74. The summed E-state index contributed by atoms with van der Waals surface area (Å²) in [7, 11) is 0. The van der Waals surface area contributed by atoms with Crippen molar-refractivity contribution in [2.24, 2.45) is 5.41 Å². The number of carboxylic acid groups (broad SMARTS) is 2. The van der Waals surface area contributed by atoms with E-state index in [1.54, 1.807) is 0 Å². The zero-order valence-corrected chi connectivity index (χ0v) is 21.0. The molecule has 186 valence electrons. The van der Waals surface area contributed by atoms with Crippen LogP contribution in [0.4, 0.5) is 5.69 Å². The molecule has 0 saturated heterocycles. The minimum absolute atomic E-state index is 0.296. The van der Waals surface area contributed by atoms with Gasteiger partial charge in [0.1, 0.15) is 0 Å². The number of rotatable bonds is 8. The first-order valence-corrected chi connectivity index (χ1v) is 12.0. The first-order chi connectivity index (χ1) is 16.0. The van der Waals surface area contributed by atoms with Gasteiger partial charge in [-0.25, -0.2) is 0 Å². The first kappa shape index (κ1) is 27.6. The van der Waals surface area contributed by atoms with Gasteiger partial charge in [0.15, 0.2) is 0 Å². The van der Waals surface area contributed by atoms with Crippen molar-refractivity contribution < 1.29 is 19.8 Å². The molecule has 0 spiro atoms. The summed E-state index contributed by atoms with van der Waals surface area (Å²) in [5, 5.41) is 23.6. The molecule has 0 fully saturated rings. The highest BCUT2D eigenvalue weighted by atomic mass is 35.5. The van der Waals surface area contributed by atoms with Gasteiger partial charge in [0, 0.05) is 6.20 Å². The fourth-order valence-corrected chi connectivity index (χ4v) is 3.80. The van der Waals surface area contributed by atoms with Crippen molar-refractivity contribution in [1.82, 2.24) is 10.3 Å². The monoisotopic (exact) mass is 489 g/mol. The first-order valence-electron chi connectivity index (χ1n) is 11.7. The molecule has 1 aromatic carbocycles. The topological polar surface area (TPSA) is 112 Å². The van der Waals surface area contributed by atoms with Crippen LogP contribution in [-0.2, 0) is 35.4 Å². The molecule has 4 N–H and O–H groups in total. The summed E-state index contributed by atoms with van der Waals surface area (Å²) >= 11 is 6.49. The van der Waals surface area contributed by atoms with Crippen LogP contribution in [0.3, 0.4) is 0 Å². The normalized spacial score (nSPS) is 13.2. The van der Waals surface area contributed by atoms with E-state index < -0.39 is 11.9 Å². The number of carbonyl (C=O) groups is 2. The summed E-state index contributed by atoms with van der Waals surface area (Å²) in [6.45, 7) is 9.57. The fourth-order valence-electron chi connectivity index (χ4n) is 3.55. The van der Waals surface area contributed by atoms with Crippen LogP contribution < -0.4 is 10.6 Å². The Hall–Kier alpha value is -2.64. The van der Waals surface area contributed by atoms with Gasteiger partial charge < -0.3 is 20.8 Å². The number of nitrogens with one attached hydrogen (secondary N) is 2. The Bertz CT molecular complexity index is 942. The minimum Gasteiger partial charge on any atom is -0.481 e. The predicted octanol–water partition coefficient (Wildman–Crippen LogP) is 4.95. The van der Waals surface area contributed by atoms with E-state index in [0.29, 0.717) is 12.0 Å². The second-order valence-corrected chi connectivity index (χ2v) is 10.1. The van der Waals surface area contributed by atoms with Gasteiger partial charge in [0.25, 0.3) is 0 Å². The van der Waals surface area contributed by atoms with Crippen molar-refractivity contribution in [3.63, 3.8) is 0 Å². The SMILES string of the molecule is CC(C)(C)CCc1ccc(CNc2c(Cl)ccc3c2CCNCC3)nc1.O=C(O)CCC(=O)O. The lowest BCUT2D eigenvalue weighted by atomic mass is 9.89. The molecule has 0 unspecified atom stereocenters. The third-order valence-corrected chi connectivity index (χ3v) is 5.85. The lowest BCUT2D eigenvalue weighted by Gasteiger charge is -2.18. The number of pyridine rings is 1. The quantitative estimate of drug-likeness (QED) is 0.415. The van der Waals surface area contributed by atoms with Gasteiger partial charge in [-0.2, -0.15) is 0 Å². The molecule has 34 heavy (non-hydrogen) atoms. The van der Waals surface area contributed by atoms with Crippen LogP contribution in [0, 0.1) is 5.41 Å². The standard InChI is InChI=1S/C22H30ClN3.C4H6O4/c1-22(2,3)11-8-16-4-6-18(25-14-16)15-26-21-19-10-13-24-12-9-17(19)5-7-20(21)23;5-3(6)1-2-4(7)8/h4-7,14,24,26H,8-13,15H2,1-3H3;1-2H2,(H,5,6)(H,7,8). The van der Waals surface area contributed by atoms with E-state index >= 15 is 0 Å². The van der Waals surface area contributed by atoms with E-state index in [1.807, 2.05) is 12.3 Å². The predicted molar refractivity (Wildman–Crippen MR) is 136 cm³/mol. The molecule has 8 heteroatoms. The third-order valence-electron chi connectivity index (χ3n) is 5.53. The van der Waals surface area contributed by atoms with E-state index in [2.05, 4.69) is 54.6 Å². The summed E-state index contributed by atoms with van der Waals surface area (Å²) in [4.78, 5) is 23.9. The second-order valence-electron chi connectivity index (χ2n) is 9.67. The molecule has 0 amide bonds. The minimum atomic E-state index is -1.08. The Kier molecular flexibility index (Phi) is 10.8. The molecule has 2 heterocycles. The molecule has 0 bridgehead atoms. The molecular formula is C26H36ClN3O4. The van der Waals surface area contributed by atoms with Crippen molar-refractivity contribution >= 4 is 29.2 Å². The van der Waals surface area contributed by atoms with Crippen molar-refractivity contribution in [3.8, 4) is 0 Å². The van der Waals surface area contributed by atoms with Crippen LogP contribution in [0.2, 0.25) is 5.02 Å². The van der Waals surface area contributed by atoms with Gasteiger partial charge in [0.05, 0.1) is 35.8 Å². The highest BCUT2D eigenvalue weighted by molar-refractivity contribution is 6.33. The van der Waals surface area contributed by atoms with Gasteiger partial charge in [-0.1, -0.05) is 44.5 Å². The van der Waals surface area contributed by atoms with E-state index in [4.69, 9.17) is 21.8 Å². The van der Waals surface area contributed by atoms with Gasteiger partial charge in [-0.05, 0) is 73.0 Å². The van der Waals surface area contributed by atoms with E-state index in [0.717, 1.165) is 48.8 Å². The van der Waals surface area contributed by atoms with Crippen molar-refractivity contribution in [3.05, 3.63) is 57.9 Å². The van der Waals surface area contributed by atoms with Crippen LogP contribution in [0.25, 0.3) is 0 Å². The third kappa shape index (κ3) is 10.1. The van der Waals surface area contributed by atoms with Crippen LogP contribution in [0.1, 0.15) is 62.4 Å². The maximum absolute atomic E-state index is 9.64. The Labute approximate surface area is 206 Å². The summed E-state index contributed by atoms with van der Waals surface area (Å²) in [6, 6.07) is 8.50. The van der Waals surface area contributed by atoms with Gasteiger partial charge >= 0.3 is 11.9 Å². The van der Waals surface area contributed by atoms with Crippen LogP contribution in [0.5, 0.6) is 0 Å². The molecule has 1 aliphatic heterocycles. The smallest absolute Gasteiger partial charge is 0.303 e. The van der Waals surface area contributed by atoms with Crippen molar-refractivity contribution in [1.29, 1.82) is 0 Å². The second kappa shape index (κ2) is 13.3. The zero-order valence-electron chi connectivity index (χ0n) is 20.3. The Morgan fingerprint density at radius 2 is 1.74 bits per heavy atom. The Morgan fingerprint density at radius 1 is 1.06 bits per heavy atom. The fraction of sp³-hybridized carbons (Fsp3) is 0.500. The van der Waals surface area contributed by atoms with Crippen LogP contribution >= 0.6 is 11.6 Å². The number of hydrogen-bond acceptors (Lipinski definition) is 5. The van der Waals surface area contributed by atoms with Crippen molar-refractivity contribution in [2.75, 3.05) is 18.4 Å². The number of aryl methyl sites for hydroxylation is 1. The maximum atomic E-state index is 9.64. The molecule has 1 aromatic heterocycles. The number of anilines is 1. The largest absolute Gasteiger partial charge is 0.481 e. The molecular weight excluding hydrogens is 454 g/mol.